The van der Waals surface area contributed by atoms with E-state index in [1.807, 2.05) is 45.9 Å². The van der Waals surface area contributed by atoms with Crippen LogP contribution in [0.15, 0.2) is 33.9 Å². The van der Waals surface area contributed by atoms with E-state index in [0.717, 1.165) is 10.0 Å². The van der Waals surface area contributed by atoms with Crippen LogP contribution in [0.1, 0.15) is 39.3 Å². The Bertz CT molecular complexity index is 885. The van der Waals surface area contributed by atoms with E-state index < -0.39 is 17.6 Å². The SMILES string of the molecule is COc1ccc(C2C(C(=O)OC(C)(C)C)=C(C)Nc3nnnn32)cc1Br. The van der Waals surface area contributed by atoms with Crippen molar-refractivity contribution in [3.8, 4) is 5.75 Å². The molecular weight excluding hydrogens is 402 g/mol. The molecule has 3 rings (SSSR count). The highest BCUT2D eigenvalue weighted by molar-refractivity contribution is 9.10. The van der Waals surface area contributed by atoms with Crippen molar-refractivity contribution < 1.29 is 14.3 Å². The van der Waals surface area contributed by atoms with Gasteiger partial charge in [-0.25, -0.2) is 4.79 Å². The Morgan fingerprint density at radius 2 is 2.08 bits per heavy atom. The summed E-state index contributed by atoms with van der Waals surface area (Å²) in [5.41, 5.74) is 1.32. The molecule has 2 heterocycles. The molecule has 138 valence electrons. The second-order valence-corrected chi connectivity index (χ2v) is 7.76. The summed E-state index contributed by atoms with van der Waals surface area (Å²) in [4.78, 5) is 12.9. The summed E-state index contributed by atoms with van der Waals surface area (Å²) >= 11 is 3.49. The van der Waals surface area contributed by atoms with Gasteiger partial charge in [-0.3, -0.25) is 0 Å². The smallest absolute Gasteiger partial charge is 0.338 e. The molecule has 1 unspecified atom stereocenters. The van der Waals surface area contributed by atoms with Gasteiger partial charge in [0, 0.05) is 5.70 Å². The fraction of sp³-hybridized carbons (Fsp3) is 0.412. The topological polar surface area (TPSA) is 91.2 Å². The van der Waals surface area contributed by atoms with Gasteiger partial charge < -0.3 is 14.8 Å². The van der Waals surface area contributed by atoms with E-state index in [0.29, 0.717) is 23.0 Å². The van der Waals surface area contributed by atoms with Crippen LogP contribution >= 0.6 is 15.9 Å². The highest BCUT2D eigenvalue weighted by Crippen LogP contribution is 2.38. The van der Waals surface area contributed by atoms with Gasteiger partial charge in [0.25, 0.3) is 0 Å². The first-order valence-corrected chi connectivity index (χ1v) is 8.83. The van der Waals surface area contributed by atoms with Crippen LogP contribution in [-0.2, 0) is 9.53 Å². The first kappa shape index (κ1) is 18.4. The number of ether oxygens (including phenoxy) is 2. The molecule has 9 heteroatoms. The van der Waals surface area contributed by atoms with E-state index in [9.17, 15) is 4.79 Å². The van der Waals surface area contributed by atoms with Crippen LogP contribution in [-0.4, -0.2) is 38.9 Å². The van der Waals surface area contributed by atoms with Crippen LogP contribution in [0.25, 0.3) is 0 Å². The Kier molecular flexibility index (Phi) is 4.74. The van der Waals surface area contributed by atoms with Gasteiger partial charge in [0.15, 0.2) is 0 Å². The van der Waals surface area contributed by atoms with Crippen molar-refractivity contribution in [3.05, 3.63) is 39.5 Å². The molecule has 1 atom stereocenters. The number of rotatable bonds is 3. The van der Waals surface area contributed by atoms with Crippen molar-refractivity contribution >= 4 is 27.8 Å². The summed E-state index contributed by atoms with van der Waals surface area (Å²) in [6, 6.07) is 5.08. The number of halogens is 1. The van der Waals surface area contributed by atoms with Crippen LogP contribution in [0.2, 0.25) is 0 Å². The number of benzene rings is 1. The zero-order valence-electron chi connectivity index (χ0n) is 15.2. The Morgan fingerprint density at radius 1 is 1.35 bits per heavy atom. The third-order valence-corrected chi connectivity index (χ3v) is 4.44. The van der Waals surface area contributed by atoms with Gasteiger partial charge in [-0.05, 0) is 71.7 Å². The molecule has 1 aliphatic heterocycles. The Morgan fingerprint density at radius 3 is 2.69 bits per heavy atom. The minimum atomic E-state index is -0.615. The molecule has 0 fully saturated rings. The maximum Gasteiger partial charge on any atom is 0.338 e. The zero-order chi connectivity index (χ0) is 19.1. The van der Waals surface area contributed by atoms with E-state index in [2.05, 4.69) is 36.8 Å². The molecule has 1 aliphatic rings. The van der Waals surface area contributed by atoms with Gasteiger partial charge >= 0.3 is 5.97 Å². The number of nitrogens with one attached hydrogen (secondary N) is 1. The van der Waals surface area contributed by atoms with E-state index >= 15 is 0 Å². The standard InChI is InChI=1S/C17H20BrN5O3/c1-9-13(15(24)26-17(2,3)4)14(23-16(19-9)20-21-22-23)10-6-7-12(25-5)11(18)8-10/h6-8,14H,1-5H3,(H,19,20,22). The van der Waals surface area contributed by atoms with E-state index in [1.165, 1.54) is 0 Å². The number of tetrazole rings is 1. The fourth-order valence-electron chi connectivity index (χ4n) is 2.77. The lowest BCUT2D eigenvalue weighted by Crippen LogP contribution is -2.33. The summed E-state index contributed by atoms with van der Waals surface area (Å²) in [6.45, 7) is 7.30. The van der Waals surface area contributed by atoms with Crippen molar-refractivity contribution in [1.29, 1.82) is 0 Å². The molecule has 0 spiro atoms. The maximum atomic E-state index is 12.9. The summed E-state index contributed by atoms with van der Waals surface area (Å²) in [6.07, 6.45) is 0. The van der Waals surface area contributed by atoms with Gasteiger partial charge in [-0.15, -0.1) is 0 Å². The summed E-state index contributed by atoms with van der Waals surface area (Å²) in [5, 5.41) is 14.8. The minimum Gasteiger partial charge on any atom is -0.496 e. The Balaban J connectivity index is 2.12. The molecule has 0 saturated heterocycles. The van der Waals surface area contributed by atoms with E-state index in [1.54, 1.807) is 11.8 Å². The maximum absolute atomic E-state index is 12.9. The number of carbonyl (C=O) groups is 1. The van der Waals surface area contributed by atoms with Crippen molar-refractivity contribution in [1.82, 2.24) is 20.2 Å². The van der Waals surface area contributed by atoms with Crippen LogP contribution in [0, 0.1) is 0 Å². The zero-order valence-corrected chi connectivity index (χ0v) is 16.8. The molecule has 1 aromatic carbocycles. The van der Waals surface area contributed by atoms with Gasteiger partial charge in [-0.1, -0.05) is 11.2 Å². The number of anilines is 1. The number of aromatic nitrogens is 4. The van der Waals surface area contributed by atoms with Crippen molar-refractivity contribution in [2.75, 3.05) is 12.4 Å². The molecule has 1 aromatic heterocycles. The molecule has 0 amide bonds. The number of hydrogen-bond acceptors (Lipinski definition) is 7. The highest BCUT2D eigenvalue weighted by atomic mass is 79.9. The Hall–Kier alpha value is -2.42. The number of hydrogen-bond donors (Lipinski definition) is 1. The molecular formula is C17H20BrN5O3. The lowest BCUT2D eigenvalue weighted by molar-refractivity contribution is -0.150. The number of allylic oxidation sites excluding steroid dienone is 1. The van der Waals surface area contributed by atoms with E-state index in [4.69, 9.17) is 9.47 Å². The van der Waals surface area contributed by atoms with Gasteiger partial charge in [0.2, 0.25) is 5.95 Å². The molecule has 0 saturated carbocycles. The number of fused-ring (bicyclic) bond motifs is 1. The van der Waals surface area contributed by atoms with Crippen molar-refractivity contribution in [2.45, 2.75) is 39.3 Å². The normalized spacial score (nSPS) is 16.8. The Labute approximate surface area is 159 Å². The fourth-order valence-corrected chi connectivity index (χ4v) is 3.33. The number of methoxy groups -OCH3 is 1. The average molecular weight is 422 g/mol. The molecule has 0 aliphatic carbocycles. The second kappa shape index (κ2) is 6.71. The summed E-state index contributed by atoms with van der Waals surface area (Å²) in [5.74, 6) is 0.742. The number of nitrogens with zero attached hydrogens (tertiary/aromatic N) is 4. The van der Waals surface area contributed by atoms with Gasteiger partial charge in [0.05, 0.1) is 17.2 Å². The number of carbonyl (C=O) groups excluding carboxylic acids is 1. The quantitative estimate of drug-likeness (QED) is 0.761. The van der Waals surface area contributed by atoms with Crippen LogP contribution in [0.3, 0.4) is 0 Å². The summed E-state index contributed by atoms with van der Waals surface area (Å²) < 4.78 is 13.2. The lowest BCUT2D eigenvalue weighted by Gasteiger charge is -2.29. The van der Waals surface area contributed by atoms with Crippen molar-refractivity contribution in [3.63, 3.8) is 0 Å². The van der Waals surface area contributed by atoms with E-state index in [-0.39, 0.29) is 0 Å². The third kappa shape index (κ3) is 3.44. The van der Waals surface area contributed by atoms with Crippen LogP contribution in [0.5, 0.6) is 5.75 Å². The molecule has 26 heavy (non-hydrogen) atoms. The third-order valence-electron chi connectivity index (χ3n) is 3.82. The van der Waals surface area contributed by atoms with Crippen molar-refractivity contribution in [2.24, 2.45) is 0 Å². The predicted molar refractivity (Wildman–Crippen MR) is 98.8 cm³/mol. The highest BCUT2D eigenvalue weighted by Gasteiger charge is 2.36. The molecule has 0 radical (unpaired) electrons. The lowest BCUT2D eigenvalue weighted by atomic mass is 9.95. The average Bonchev–Trinajstić information content (AvgIpc) is 2.99. The first-order valence-electron chi connectivity index (χ1n) is 8.03. The molecule has 0 bridgehead atoms. The largest absolute Gasteiger partial charge is 0.496 e. The first-order chi connectivity index (χ1) is 12.2. The predicted octanol–water partition coefficient (Wildman–Crippen LogP) is 3.07. The van der Waals surface area contributed by atoms with Crippen LogP contribution in [0.4, 0.5) is 5.95 Å². The molecule has 8 nitrogen and oxygen atoms in total. The monoisotopic (exact) mass is 421 g/mol. The van der Waals surface area contributed by atoms with Gasteiger partial charge in [-0.2, -0.15) is 4.68 Å². The number of esters is 1. The second-order valence-electron chi connectivity index (χ2n) is 6.91. The molecule has 2 aromatic rings. The molecule has 1 N–H and O–H groups in total. The van der Waals surface area contributed by atoms with Gasteiger partial charge in [0.1, 0.15) is 17.4 Å². The summed E-state index contributed by atoms with van der Waals surface area (Å²) in [7, 11) is 1.60. The van der Waals surface area contributed by atoms with Crippen LogP contribution < -0.4 is 10.1 Å². The minimum absolute atomic E-state index is 0.416.